The quantitative estimate of drug-likeness (QED) is 0.753. The Hall–Kier alpha value is -1.45. The minimum absolute atomic E-state index is 0.0192. The van der Waals surface area contributed by atoms with E-state index in [9.17, 15) is 13.6 Å². The molecule has 4 heteroatoms. The van der Waals surface area contributed by atoms with Crippen molar-refractivity contribution in [2.75, 3.05) is 13.1 Å². The van der Waals surface area contributed by atoms with Crippen molar-refractivity contribution in [3.63, 3.8) is 0 Å². The third-order valence-electron chi connectivity index (χ3n) is 3.13. The van der Waals surface area contributed by atoms with E-state index in [1.54, 1.807) is 12.1 Å². The predicted molar refractivity (Wildman–Crippen MR) is 66.0 cm³/mol. The van der Waals surface area contributed by atoms with E-state index in [2.05, 4.69) is 20.8 Å². The summed E-state index contributed by atoms with van der Waals surface area (Å²) >= 11 is 0. The number of amides is 1. The summed E-state index contributed by atoms with van der Waals surface area (Å²) in [7, 11) is 0. The van der Waals surface area contributed by atoms with E-state index in [0.29, 0.717) is 5.56 Å². The van der Waals surface area contributed by atoms with Crippen molar-refractivity contribution >= 4 is 5.91 Å². The fraction of sp³-hybridized carbons (Fsp3) is 0.500. The molecular weight excluding hydrogens is 236 g/mol. The number of likely N-dealkylation sites (tertiary alicyclic amines) is 1. The molecule has 98 valence electrons. The van der Waals surface area contributed by atoms with Crippen LogP contribution in [0.1, 0.15) is 36.7 Å². The number of nitrogens with zero attached hydrogens (tertiary/aromatic N) is 1. The largest absolute Gasteiger partial charge is 0.326 e. The molecule has 0 aromatic heterocycles. The normalized spacial score (nSPS) is 18.4. The summed E-state index contributed by atoms with van der Waals surface area (Å²) < 4.78 is 25.4. The lowest BCUT2D eigenvalue weighted by Gasteiger charge is -2.38. The Morgan fingerprint density at radius 3 is 2.06 bits per heavy atom. The Balaban J connectivity index is 2.09. The van der Waals surface area contributed by atoms with Gasteiger partial charge in [0.1, 0.15) is 0 Å². The van der Waals surface area contributed by atoms with Crippen LogP contribution in [0.2, 0.25) is 0 Å². The number of carbonyl (C=O) groups is 1. The number of carbonyl (C=O) groups excluding carboxylic acids is 1. The molecule has 1 aromatic rings. The van der Waals surface area contributed by atoms with Gasteiger partial charge in [0.05, 0.1) is 13.1 Å². The van der Waals surface area contributed by atoms with E-state index in [0.717, 1.165) is 5.56 Å². The van der Waals surface area contributed by atoms with E-state index in [1.807, 2.05) is 12.1 Å². The zero-order valence-corrected chi connectivity index (χ0v) is 10.8. The predicted octanol–water partition coefficient (Wildman–Crippen LogP) is 3.08. The molecule has 0 radical (unpaired) electrons. The summed E-state index contributed by atoms with van der Waals surface area (Å²) in [5.41, 5.74) is 1.61. The average molecular weight is 253 g/mol. The molecule has 0 saturated carbocycles. The highest BCUT2D eigenvalue weighted by atomic mass is 19.3. The highest BCUT2D eigenvalue weighted by Gasteiger charge is 2.46. The Labute approximate surface area is 106 Å². The van der Waals surface area contributed by atoms with Crippen LogP contribution in [-0.2, 0) is 5.41 Å². The van der Waals surface area contributed by atoms with E-state index >= 15 is 0 Å². The summed E-state index contributed by atoms with van der Waals surface area (Å²) in [6.07, 6.45) is 0. The minimum Gasteiger partial charge on any atom is -0.326 e. The molecule has 18 heavy (non-hydrogen) atoms. The zero-order chi connectivity index (χ0) is 13.6. The first-order chi connectivity index (χ1) is 8.19. The van der Waals surface area contributed by atoms with Crippen molar-refractivity contribution in [2.24, 2.45) is 0 Å². The van der Waals surface area contributed by atoms with Crippen LogP contribution < -0.4 is 0 Å². The van der Waals surface area contributed by atoms with E-state index in [1.165, 1.54) is 4.90 Å². The smallest absolute Gasteiger partial charge is 0.282 e. The molecule has 1 saturated heterocycles. The van der Waals surface area contributed by atoms with Crippen LogP contribution in [0, 0.1) is 0 Å². The van der Waals surface area contributed by atoms with Crippen molar-refractivity contribution in [3.8, 4) is 0 Å². The van der Waals surface area contributed by atoms with Crippen molar-refractivity contribution < 1.29 is 13.6 Å². The first-order valence-corrected chi connectivity index (χ1v) is 5.97. The van der Waals surface area contributed by atoms with Gasteiger partial charge in [0.2, 0.25) is 0 Å². The second-order valence-corrected chi connectivity index (χ2v) is 5.84. The molecule has 1 aromatic carbocycles. The lowest BCUT2D eigenvalue weighted by molar-refractivity contribution is -0.113. The topological polar surface area (TPSA) is 20.3 Å². The molecule has 0 spiro atoms. The molecule has 1 aliphatic heterocycles. The van der Waals surface area contributed by atoms with Crippen LogP contribution in [0.15, 0.2) is 24.3 Å². The SMILES string of the molecule is CC(C)(C)c1ccc(C(=O)N2CC(F)(F)C2)cc1. The van der Waals surface area contributed by atoms with Gasteiger partial charge >= 0.3 is 0 Å². The summed E-state index contributed by atoms with van der Waals surface area (Å²) in [6, 6.07) is 7.18. The van der Waals surface area contributed by atoms with Crippen molar-refractivity contribution in [3.05, 3.63) is 35.4 Å². The summed E-state index contributed by atoms with van der Waals surface area (Å²) in [5, 5.41) is 0. The summed E-state index contributed by atoms with van der Waals surface area (Å²) in [4.78, 5) is 13.0. The molecule has 2 nitrogen and oxygen atoms in total. The molecule has 1 aliphatic rings. The lowest BCUT2D eigenvalue weighted by atomic mass is 9.86. The molecule has 1 amide bonds. The maximum absolute atomic E-state index is 12.7. The van der Waals surface area contributed by atoms with Gasteiger partial charge in [-0.1, -0.05) is 32.9 Å². The van der Waals surface area contributed by atoms with Crippen LogP contribution in [0.3, 0.4) is 0 Å². The van der Waals surface area contributed by atoms with Crippen molar-refractivity contribution in [2.45, 2.75) is 32.1 Å². The monoisotopic (exact) mass is 253 g/mol. The first-order valence-electron chi connectivity index (χ1n) is 5.97. The second kappa shape index (κ2) is 4.04. The fourth-order valence-corrected chi connectivity index (χ4v) is 1.95. The Morgan fingerprint density at radius 1 is 1.17 bits per heavy atom. The maximum Gasteiger partial charge on any atom is 0.282 e. The van der Waals surface area contributed by atoms with Gasteiger partial charge in [-0.3, -0.25) is 4.79 Å². The Morgan fingerprint density at radius 2 is 1.67 bits per heavy atom. The van der Waals surface area contributed by atoms with Gasteiger partial charge in [0, 0.05) is 5.56 Å². The zero-order valence-electron chi connectivity index (χ0n) is 10.8. The highest BCUT2D eigenvalue weighted by Crippen LogP contribution is 2.28. The van der Waals surface area contributed by atoms with Gasteiger partial charge in [-0.15, -0.1) is 0 Å². The molecule has 0 bridgehead atoms. The molecule has 0 atom stereocenters. The highest BCUT2D eigenvalue weighted by molar-refractivity contribution is 5.94. The molecule has 0 unspecified atom stereocenters. The molecule has 2 rings (SSSR count). The second-order valence-electron chi connectivity index (χ2n) is 5.84. The first kappa shape index (κ1) is 13.0. The standard InChI is InChI=1S/C14H17F2NO/c1-13(2,3)11-6-4-10(5-7-11)12(18)17-8-14(15,16)9-17/h4-7H,8-9H2,1-3H3. The Bertz CT molecular complexity index is 452. The van der Waals surface area contributed by atoms with Crippen LogP contribution >= 0.6 is 0 Å². The summed E-state index contributed by atoms with van der Waals surface area (Å²) in [5.74, 6) is -3.03. The van der Waals surface area contributed by atoms with Gasteiger partial charge in [-0.2, -0.15) is 0 Å². The maximum atomic E-state index is 12.7. The number of halogens is 2. The summed E-state index contributed by atoms with van der Waals surface area (Å²) in [6.45, 7) is 5.32. The molecule has 1 heterocycles. The lowest BCUT2D eigenvalue weighted by Crippen LogP contribution is -2.58. The molecule has 0 N–H and O–H groups in total. The van der Waals surface area contributed by atoms with E-state index in [4.69, 9.17) is 0 Å². The van der Waals surface area contributed by atoms with E-state index in [-0.39, 0.29) is 11.3 Å². The van der Waals surface area contributed by atoms with Crippen LogP contribution in [0.5, 0.6) is 0 Å². The van der Waals surface area contributed by atoms with Gasteiger partial charge in [0.25, 0.3) is 11.8 Å². The fourth-order valence-electron chi connectivity index (χ4n) is 1.95. The third-order valence-corrected chi connectivity index (χ3v) is 3.13. The average Bonchev–Trinajstić information content (AvgIpc) is 2.24. The van der Waals surface area contributed by atoms with Crippen molar-refractivity contribution in [1.82, 2.24) is 4.90 Å². The number of alkyl halides is 2. The third kappa shape index (κ3) is 2.52. The number of hydrogen-bond acceptors (Lipinski definition) is 1. The minimum atomic E-state index is -2.71. The van der Waals surface area contributed by atoms with Crippen LogP contribution in [0.4, 0.5) is 8.78 Å². The van der Waals surface area contributed by atoms with Gasteiger partial charge in [-0.25, -0.2) is 8.78 Å². The van der Waals surface area contributed by atoms with Gasteiger partial charge in [-0.05, 0) is 23.1 Å². The number of benzene rings is 1. The van der Waals surface area contributed by atoms with Gasteiger partial charge in [0.15, 0.2) is 0 Å². The van der Waals surface area contributed by atoms with Crippen molar-refractivity contribution in [1.29, 1.82) is 0 Å². The molecular formula is C14H17F2NO. The molecule has 0 aliphatic carbocycles. The molecule has 1 fully saturated rings. The van der Waals surface area contributed by atoms with Crippen LogP contribution in [0.25, 0.3) is 0 Å². The van der Waals surface area contributed by atoms with E-state index < -0.39 is 19.0 Å². The van der Waals surface area contributed by atoms with Gasteiger partial charge < -0.3 is 4.90 Å². The number of rotatable bonds is 1. The Kier molecular flexibility index (Phi) is 2.92. The number of hydrogen-bond donors (Lipinski definition) is 0. The van der Waals surface area contributed by atoms with Crippen LogP contribution in [-0.4, -0.2) is 29.8 Å².